The Morgan fingerprint density at radius 2 is 2.00 bits per heavy atom. The molecular formula is C11H19Al. The third kappa shape index (κ3) is 0.904. The molecule has 2 aliphatic carbocycles. The molecule has 0 N–H and O–H groups in total. The standard InChI is InChI=1S/C9H14.C2H5.Al/c1-2-8-5-7-3-4-9(8)6-7;1-2;/h5,7-9H,1-4,6H2;1H2,2H3;/t7-,8-,9-;;/m1../s1. The Labute approximate surface area is 80.1 Å². The van der Waals surface area contributed by atoms with Crippen molar-refractivity contribution in [3.63, 3.8) is 0 Å². The molecular weight excluding hydrogens is 159 g/mol. The molecule has 0 aromatic heterocycles. The second kappa shape index (κ2) is 2.76. The molecule has 0 aromatic carbocycles. The van der Waals surface area contributed by atoms with Crippen LogP contribution in [-0.4, -0.2) is 14.1 Å². The van der Waals surface area contributed by atoms with Crippen LogP contribution in [0.2, 0.25) is 15.3 Å². The van der Waals surface area contributed by atoms with E-state index in [2.05, 4.69) is 6.92 Å². The number of hydrogen-bond donors (Lipinski definition) is 0. The van der Waals surface area contributed by atoms with Crippen LogP contribution >= 0.6 is 0 Å². The van der Waals surface area contributed by atoms with Gasteiger partial charge in [0.05, 0.1) is 0 Å². The van der Waals surface area contributed by atoms with Crippen molar-refractivity contribution in [2.24, 2.45) is 17.8 Å². The highest BCUT2D eigenvalue weighted by Gasteiger charge is 2.54. The highest BCUT2D eigenvalue weighted by atomic mass is 27.2. The zero-order valence-electron chi connectivity index (χ0n) is 8.13. The Morgan fingerprint density at radius 1 is 1.17 bits per heavy atom. The van der Waals surface area contributed by atoms with Gasteiger partial charge in [-0.05, 0) is 30.6 Å². The Bertz CT molecular complexity index is 187. The maximum absolute atomic E-state index is 2.46. The fourth-order valence-electron chi connectivity index (χ4n) is 4.69. The first-order valence-electron chi connectivity index (χ1n) is 5.90. The topological polar surface area (TPSA) is 0 Å². The highest BCUT2D eigenvalue weighted by molar-refractivity contribution is 6.61. The molecule has 66 valence electrons. The van der Waals surface area contributed by atoms with Crippen molar-refractivity contribution in [3.05, 3.63) is 0 Å². The van der Waals surface area contributed by atoms with Crippen molar-refractivity contribution in [1.29, 1.82) is 0 Å². The van der Waals surface area contributed by atoms with Gasteiger partial charge in [-0.3, -0.25) is 0 Å². The van der Waals surface area contributed by atoms with E-state index in [1.807, 2.05) is 0 Å². The molecule has 1 heteroatoms. The van der Waals surface area contributed by atoms with Gasteiger partial charge in [-0.1, -0.05) is 35.1 Å². The minimum atomic E-state index is -0.216. The van der Waals surface area contributed by atoms with Crippen LogP contribution in [0.1, 0.15) is 32.6 Å². The molecule has 0 nitrogen and oxygen atoms in total. The minimum Gasteiger partial charge on any atom is -0.0965 e. The summed E-state index contributed by atoms with van der Waals surface area (Å²) in [5, 5.41) is 3.31. The summed E-state index contributed by atoms with van der Waals surface area (Å²) in [6, 6.07) is 0. The summed E-state index contributed by atoms with van der Waals surface area (Å²) in [4.78, 5) is 0. The lowest BCUT2D eigenvalue weighted by Crippen LogP contribution is -2.22. The van der Waals surface area contributed by atoms with Crippen molar-refractivity contribution in [2.75, 3.05) is 0 Å². The second-order valence-corrected chi connectivity index (χ2v) is 9.00. The quantitative estimate of drug-likeness (QED) is 0.540. The van der Waals surface area contributed by atoms with E-state index < -0.39 is 0 Å². The lowest BCUT2D eigenvalue weighted by molar-refractivity contribution is 0.340. The smallest absolute Gasteiger partial charge is 0.0965 e. The fraction of sp³-hybridized carbons (Fsp3) is 1.00. The predicted octanol–water partition coefficient (Wildman–Crippen LogP) is 3.32. The molecule has 1 saturated heterocycles. The van der Waals surface area contributed by atoms with Crippen molar-refractivity contribution < 1.29 is 0 Å². The van der Waals surface area contributed by atoms with Crippen LogP contribution < -0.4 is 0 Å². The summed E-state index contributed by atoms with van der Waals surface area (Å²) in [6.07, 6.45) is 6.53. The molecule has 4 atom stereocenters. The monoisotopic (exact) mass is 178 g/mol. The molecule has 2 saturated carbocycles. The third-order valence-electron chi connectivity index (χ3n) is 5.10. The maximum Gasteiger partial charge on any atom is 0.266 e. The SMILES string of the molecule is C[CH2][Al]1[CH2]C[C@H]2[C@@H]3CC[C@@H](C3)[C@H]21. The first-order valence-corrected chi connectivity index (χ1v) is 8.20. The molecule has 0 spiro atoms. The van der Waals surface area contributed by atoms with Crippen molar-refractivity contribution in [2.45, 2.75) is 48.0 Å². The summed E-state index contributed by atoms with van der Waals surface area (Å²) < 4.78 is 1.33. The number of fused-ring (bicyclic) bond motifs is 5. The van der Waals surface area contributed by atoms with Gasteiger partial charge < -0.3 is 0 Å². The molecule has 3 fully saturated rings. The number of hydrogen-bond acceptors (Lipinski definition) is 0. The largest absolute Gasteiger partial charge is 0.266 e. The van der Waals surface area contributed by atoms with Gasteiger partial charge >= 0.3 is 0 Å². The van der Waals surface area contributed by atoms with Crippen molar-refractivity contribution >= 4 is 14.1 Å². The molecule has 3 rings (SSSR count). The Hall–Kier alpha value is 0.532. The van der Waals surface area contributed by atoms with Gasteiger partial charge in [0.2, 0.25) is 0 Å². The molecule has 3 aliphatic rings. The normalized spacial score (nSPS) is 50.2. The van der Waals surface area contributed by atoms with Crippen LogP contribution in [0.15, 0.2) is 0 Å². The van der Waals surface area contributed by atoms with Gasteiger partial charge in [0.1, 0.15) is 0 Å². The average molecular weight is 178 g/mol. The molecule has 0 aromatic rings. The summed E-state index contributed by atoms with van der Waals surface area (Å²) in [5.41, 5.74) is 0. The van der Waals surface area contributed by atoms with E-state index in [0.717, 1.165) is 0 Å². The van der Waals surface area contributed by atoms with E-state index >= 15 is 0 Å². The third-order valence-corrected chi connectivity index (χ3v) is 9.35. The highest BCUT2D eigenvalue weighted by Crippen LogP contribution is 2.62. The molecule has 0 radical (unpaired) electrons. The van der Waals surface area contributed by atoms with E-state index in [0.29, 0.717) is 0 Å². The van der Waals surface area contributed by atoms with E-state index in [1.165, 1.54) is 22.5 Å². The molecule has 0 unspecified atom stereocenters. The van der Waals surface area contributed by atoms with Crippen molar-refractivity contribution in [1.82, 2.24) is 0 Å². The zero-order valence-corrected chi connectivity index (χ0v) is 9.28. The van der Waals surface area contributed by atoms with Crippen LogP contribution in [0.5, 0.6) is 0 Å². The zero-order chi connectivity index (χ0) is 8.13. The van der Waals surface area contributed by atoms with Crippen LogP contribution in [0.3, 0.4) is 0 Å². The van der Waals surface area contributed by atoms with E-state index in [-0.39, 0.29) is 14.1 Å². The summed E-state index contributed by atoms with van der Waals surface area (Å²) >= 11 is -0.216. The van der Waals surface area contributed by atoms with Crippen LogP contribution in [0.25, 0.3) is 0 Å². The van der Waals surface area contributed by atoms with E-state index in [9.17, 15) is 0 Å². The maximum atomic E-state index is 2.46. The van der Waals surface area contributed by atoms with E-state index in [1.54, 1.807) is 36.2 Å². The minimum absolute atomic E-state index is 0.216. The molecule has 1 heterocycles. The van der Waals surface area contributed by atoms with Crippen LogP contribution in [-0.2, 0) is 0 Å². The van der Waals surface area contributed by atoms with Gasteiger partial charge in [0, 0.05) is 0 Å². The summed E-state index contributed by atoms with van der Waals surface area (Å²) in [5.74, 6) is 3.70. The molecule has 12 heavy (non-hydrogen) atoms. The molecule has 2 bridgehead atoms. The fourth-order valence-corrected chi connectivity index (χ4v) is 9.17. The number of rotatable bonds is 1. The molecule has 0 amide bonds. The predicted molar refractivity (Wildman–Crippen MR) is 53.7 cm³/mol. The second-order valence-electron chi connectivity index (χ2n) is 5.32. The molecule has 1 aliphatic heterocycles. The van der Waals surface area contributed by atoms with Crippen LogP contribution in [0.4, 0.5) is 0 Å². The van der Waals surface area contributed by atoms with Crippen molar-refractivity contribution in [3.8, 4) is 0 Å². The van der Waals surface area contributed by atoms with Gasteiger partial charge in [-0.2, -0.15) is 0 Å². The van der Waals surface area contributed by atoms with Crippen LogP contribution in [0, 0.1) is 17.8 Å². The van der Waals surface area contributed by atoms with E-state index in [4.69, 9.17) is 0 Å². The van der Waals surface area contributed by atoms with Gasteiger partial charge in [0.15, 0.2) is 0 Å². The first-order chi connectivity index (χ1) is 5.90. The lowest BCUT2D eigenvalue weighted by atomic mass is 9.87. The Morgan fingerprint density at radius 3 is 2.83 bits per heavy atom. The van der Waals surface area contributed by atoms with Gasteiger partial charge in [-0.15, -0.1) is 0 Å². The average Bonchev–Trinajstić information content (AvgIpc) is 2.76. The summed E-state index contributed by atoms with van der Waals surface area (Å²) in [7, 11) is 0. The lowest BCUT2D eigenvalue weighted by Gasteiger charge is -2.26. The van der Waals surface area contributed by atoms with Gasteiger partial charge in [0.25, 0.3) is 14.1 Å². The first kappa shape index (κ1) is 7.89. The Kier molecular flexibility index (Phi) is 1.81. The Balaban J connectivity index is 1.85. The summed E-state index contributed by atoms with van der Waals surface area (Å²) in [6.45, 7) is 2.46. The van der Waals surface area contributed by atoms with Gasteiger partial charge in [-0.25, -0.2) is 0 Å².